The molecular formula is C33H32BrN3O7. The highest BCUT2D eigenvalue weighted by atomic mass is 79.9. The summed E-state index contributed by atoms with van der Waals surface area (Å²) in [5.41, 5.74) is 5.04. The van der Waals surface area contributed by atoms with Crippen LogP contribution >= 0.6 is 15.9 Å². The molecule has 4 aromatic carbocycles. The highest BCUT2D eigenvalue weighted by Crippen LogP contribution is 2.36. The highest BCUT2D eigenvalue weighted by Gasteiger charge is 2.15. The predicted molar refractivity (Wildman–Crippen MR) is 171 cm³/mol. The summed E-state index contributed by atoms with van der Waals surface area (Å²) in [7, 11) is 3.01. The largest absolute Gasteiger partial charge is 0.495 e. The number of ether oxygens (including phenoxy) is 5. The van der Waals surface area contributed by atoms with Crippen LogP contribution in [0.1, 0.15) is 28.4 Å². The van der Waals surface area contributed by atoms with Crippen LogP contribution in [0.2, 0.25) is 0 Å². The molecule has 0 aromatic heterocycles. The molecule has 4 rings (SSSR count). The van der Waals surface area contributed by atoms with E-state index < -0.39 is 5.91 Å². The molecule has 2 amide bonds. The summed E-state index contributed by atoms with van der Waals surface area (Å²) in [5.74, 6) is 1.43. The summed E-state index contributed by atoms with van der Waals surface area (Å²) in [4.78, 5) is 25.3. The Labute approximate surface area is 264 Å². The number of hydrogen-bond acceptors (Lipinski definition) is 8. The third kappa shape index (κ3) is 8.74. The molecule has 0 radical (unpaired) electrons. The number of nitrogens with one attached hydrogen (secondary N) is 2. The second-order valence-corrected chi connectivity index (χ2v) is 9.99. The zero-order valence-electron chi connectivity index (χ0n) is 24.5. The highest BCUT2D eigenvalue weighted by molar-refractivity contribution is 9.10. The molecule has 228 valence electrons. The first kappa shape index (κ1) is 31.9. The van der Waals surface area contributed by atoms with Gasteiger partial charge in [0.1, 0.15) is 12.4 Å². The van der Waals surface area contributed by atoms with Gasteiger partial charge in [-0.2, -0.15) is 5.10 Å². The molecule has 0 saturated carbocycles. The zero-order chi connectivity index (χ0) is 31.3. The Balaban J connectivity index is 1.37. The fourth-order valence-corrected chi connectivity index (χ4v) is 4.60. The van der Waals surface area contributed by atoms with Crippen molar-refractivity contribution in [3.63, 3.8) is 0 Å². The molecule has 0 bridgehead atoms. The Hall–Kier alpha value is -5.03. The maximum absolute atomic E-state index is 12.8. The summed E-state index contributed by atoms with van der Waals surface area (Å²) in [6, 6.07) is 25.2. The van der Waals surface area contributed by atoms with E-state index in [9.17, 15) is 9.59 Å². The SMILES string of the molecule is CCOc1cc(C(=O)N/N=C/c2cc(Br)c(OCC(=O)Nc3ccccc3OC)c(OC)c2)ccc1OCc1ccccc1. The molecule has 11 heteroatoms. The molecule has 2 N–H and O–H groups in total. The fourth-order valence-electron chi connectivity index (χ4n) is 4.03. The lowest BCUT2D eigenvalue weighted by atomic mass is 10.2. The van der Waals surface area contributed by atoms with Gasteiger partial charge in [0.2, 0.25) is 0 Å². The predicted octanol–water partition coefficient (Wildman–Crippen LogP) is 6.23. The van der Waals surface area contributed by atoms with E-state index in [0.717, 1.165) is 5.56 Å². The average molecular weight is 663 g/mol. The Morgan fingerprint density at radius 1 is 0.818 bits per heavy atom. The monoisotopic (exact) mass is 661 g/mol. The van der Waals surface area contributed by atoms with Crippen molar-refractivity contribution in [1.82, 2.24) is 5.43 Å². The molecule has 0 aliphatic rings. The molecular weight excluding hydrogens is 630 g/mol. The Morgan fingerprint density at radius 2 is 1.57 bits per heavy atom. The van der Waals surface area contributed by atoms with Gasteiger partial charge in [-0.05, 0) is 76.4 Å². The number of hydrazone groups is 1. The topological polar surface area (TPSA) is 117 Å². The number of halogens is 1. The zero-order valence-corrected chi connectivity index (χ0v) is 26.1. The molecule has 0 heterocycles. The van der Waals surface area contributed by atoms with E-state index in [1.807, 2.05) is 43.3 Å². The smallest absolute Gasteiger partial charge is 0.271 e. The molecule has 0 fully saturated rings. The van der Waals surface area contributed by atoms with E-state index in [0.29, 0.717) is 63.2 Å². The van der Waals surface area contributed by atoms with Crippen molar-refractivity contribution in [2.24, 2.45) is 5.10 Å². The lowest BCUT2D eigenvalue weighted by Gasteiger charge is -2.14. The number of methoxy groups -OCH3 is 2. The summed E-state index contributed by atoms with van der Waals surface area (Å²) in [5, 5.41) is 6.84. The molecule has 0 unspecified atom stereocenters. The molecule has 4 aromatic rings. The van der Waals surface area contributed by atoms with Gasteiger partial charge >= 0.3 is 0 Å². The molecule has 0 aliphatic heterocycles. The van der Waals surface area contributed by atoms with Gasteiger partial charge in [0, 0.05) is 5.56 Å². The first-order valence-electron chi connectivity index (χ1n) is 13.6. The van der Waals surface area contributed by atoms with Crippen LogP contribution in [-0.4, -0.2) is 45.5 Å². The summed E-state index contributed by atoms with van der Waals surface area (Å²) in [6.45, 7) is 2.37. The molecule has 10 nitrogen and oxygen atoms in total. The number of benzene rings is 4. The molecule has 44 heavy (non-hydrogen) atoms. The molecule has 0 aliphatic carbocycles. The minimum Gasteiger partial charge on any atom is -0.495 e. The van der Waals surface area contributed by atoms with E-state index in [4.69, 9.17) is 23.7 Å². The standard InChI is InChI=1S/C33H32BrN3O7/c1-4-42-29-18-24(14-15-28(29)43-20-22-10-6-5-7-11-22)33(39)37-35-19-23-16-25(34)32(30(17-23)41-3)44-21-31(38)36-26-12-8-9-13-27(26)40-2/h5-19H,4,20-21H2,1-3H3,(H,36,38)(H,37,39)/b35-19+. The Bertz CT molecular complexity index is 1610. The van der Waals surface area contributed by atoms with E-state index >= 15 is 0 Å². The van der Waals surface area contributed by atoms with Gasteiger partial charge in [0.05, 0.1) is 37.2 Å². The van der Waals surface area contributed by atoms with Crippen molar-refractivity contribution in [1.29, 1.82) is 0 Å². The minimum absolute atomic E-state index is 0.268. The van der Waals surface area contributed by atoms with Crippen LogP contribution in [0.25, 0.3) is 0 Å². The number of carbonyl (C=O) groups excluding carboxylic acids is 2. The Kier molecular flexibility index (Phi) is 11.6. The first-order valence-corrected chi connectivity index (χ1v) is 14.4. The molecule has 0 saturated heterocycles. The van der Waals surface area contributed by atoms with Gasteiger partial charge in [-0.15, -0.1) is 0 Å². The fraction of sp³-hybridized carbons (Fsp3) is 0.182. The van der Waals surface area contributed by atoms with Crippen molar-refractivity contribution >= 4 is 39.6 Å². The van der Waals surface area contributed by atoms with E-state index in [1.165, 1.54) is 20.4 Å². The first-order chi connectivity index (χ1) is 21.4. The van der Waals surface area contributed by atoms with E-state index in [-0.39, 0.29) is 12.5 Å². The lowest BCUT2D eigenvalue weighted by molar-refractivity contribution is -0.118. The van der Waals surface area contributed by atoms with Gasteiger partial charge < -0.3 is 29.0 Å². The van der Waals surface area contributed by atoms with Crippen LogP contribution in [-0.2, 0) is 11.4 Å². The number of carbonyl (C=O) groups is 2. The van der Waals surface area contributed by atoms with Gasteiger partial charge in [-0.25, -0.2) is 5.43 Å². The number of amides is 2. The van der Waals surface area contributed by atoms with Crippen LogP contribution in [0.3, 0.4) is 0 Å². The number of hydrogen-bond donors (Lipinski definition) is 2. The van der Waals surface area contributed by atoms with Crippen LogP contribution in [0, 0.1) is 0 Å². The summed E-state index contributed by atoms with van der Waals surface area (Å²) < 4.78 is 28.6. The normalized spacial score (nSPS) is 10.6. The number of anilines is 1. The second kappa shape index (κ2) is 16.0. The maximum Gasteiger partial charge on any atom is 0.271 e. The van der Waals surface area contributed by atoms with E-state index in [2.05, 4.69) is 31.8 Å². The van der Waals surface area contributed by atoms with Gasteiger partial charge in [0.25, 0.3) is 11.8 Å². The number of rotatable bonds is 14. The molecule has 0 spiro atoms. The van der Waals surface area contributed by atoms with Crippen LogP contribution in [0.5, 0.6) is 28.7 Å². The van der Waals surface area contributed by atoms with Gasteiger partial charge in [-0.3, -0.25) is 9.59 Å². The molecule has 0 atom stereocenters. The average Bonchev–Trinajstić information content (AvgIpc) is 3.04. The summed E-state index contributed by atoms with van der Waals surface area (Å²) >= 11 is 3.46. The maximum atomic E-state index is 12.8. The lowest BCUT2D eigenvalue weighted by Crippen LogP contribution is -2.21. The Morgan fingerprint density at radius 3 is 2.32 bits per heavy atom. The number of para-hydroxylation sites is 2. The van der Waals surface area contributed by atoms with Crippen molar-refractivity contribution < 1.29 is 33.3 Å². The van der Waals surface area contributed by atoms with Gasteiger partial charge in [0.15, 0.2) is 29.6 Å². The van der Waals surface area contributed by atoms with Crippen LogP contribution in [0.15, 0.2) is 94.5 Å². The van der Waals surface area contributed by atoms with Crippen molar-refractivity contribution in [2.75, 3.05) is 32.8 Å². The van der Waals surface area contributed by atoms with Crippen molar-refractivity contribution in [3.8, 4) is 28.7 Å². The number of nitrogens with zero attached hydrogens (tertiary/aromatic N) is 1. The summed E-state index contributed by atoms with van der Waals surface area (Å²) in [6.07, 6.45) is 1.46. The van der Waals surface area contributed by atoms with Crippen LogP contribution < -0.4 is 34.4 Å². The van der Waals surface area contributed by atoms with Crippen LogP contribution in [0.4, 0.5) is 5.69 Å². The van der Waals surface area contributed by atoms with Crippen molar-refractivity contribution in [2.45, 2.75) is 13.5 Å². The second-order valence-electron chi connectivity index (χ2n) is 9.14. The van der Waals surface area contributed by atoms with E-state index in [1.54, 1.807) is 48.5 Å². The van der Waals surface area contributed by atoms with Crippen molar-refractivity contribution in [3.05, 3.63) is 106 Å². The van der Waals surface area contributed by atoms with Gasteiger partial charge in [-0.1, -0.05) is 42.5 Å². The minimum atomic E-state index is -0.427. The quantitative estimate of drug-likeness (QED) is 0.122. The third-order valence-electron chi connectivity index (χ3n) is 6.10. The third-order valence-corrected chi connectivity index (χ3v) is 6.69.